The van der Waals surface area contributed by atoms with Crippen LogP contribution in [0.2, 0.25) is 0 Å². The molecule has 1 N–H and O–H groups in total. The van der Waals surface area contributed by atoms with Crippen LogP contribution in [0.4, 0.5) is 4.79 Å². The summed E-state index contributed by atoms with van der Waals surface area (Å²) in [6.45, 7) is 2.08. The Morgan fingerprint density at radius 2 is 2.25 bits per heavy atom. The second-order valence-corrected chi connectivity index (χ2v) is 5.03. The van der Waals surface area contributed by atoms with Gasteiger partial charge in [0, 0.05) is 38.3 Å². The van der Waals surface area contributed by atoms with Gasteiger partial charge in [0.05, 0.1) is 6.04 Å². The van der Waals surface area contributed by atoms with Gasteiger partial charge in [-0.2, -0.15) is 4.73 Å². The molecular weight excluding hydrogens is 260 g/mol. The van der Waals surface area contributed by atoms with Gasteiger partial charge in [0.2, 0.25) is 0 Å². The van der Waals surface area contributed by atoms with E-state index >= 15 is 0 Å². The summed E-state index contributed by atoms with van der Waals surface area (Å²) in [7, 11) is 0. The van der Waals surface area contributed by atoms with Gasteiger partial charge in [0.15, 0.2) is 6.20 Å². The first-order chi connectivity index (χ1) is 9.66. The van der Waals surface area contributed by atoms with Crippen LogP contribution in [-0.4, -0.2) is 54.0 Å². The fraction of sp³-hybridized carbons (Fsp3) is 0.462. The zero-order valence-corrected chi connectivity index (χ0v) is 11.0. The normalized spacial score (nSPS) is 22.2. The highest BCUT2D eigenvalue weighted by molar-refractivity contribution is 5.91. The number of pyridine rings is 1. The maximum atomic E-state index is 12.4. The molecule has 3 heterocycles. The van der Waals surface area contributed by atoms with Crippen LogP contribution in [-0.2, 0) is 0 Å². The molecule has 0 saturated carbocycles. The SMILES string of the molecule is O=C(c1cccc[n+]1[O-])N1CCN2C(=O)NCCC2C1. The molecule has 1 atom stereocenters. The Labute approximate surface area is 116 Å². The molecule has 0 radical (unpaired) electrons. The van der Waals surface area contributed by atoms with Crippen molar-refractivity contribution < 1.29 is 14.3 Å². The van der Waals surface area contributed by atoms with Crippen LogP contribution in [0.5, 0.6) is 0 Å². The lowest BCUT2D eigenvalue weighted by molar-refractivity contribution is -0.608. The van der Waals surface area contributed by atoms with E-state index in [2.05, 4.69) is 5.32 Å². The van der Waals surface area contributed by atoms with Crippen molar-refractivity contribution in [3.8, 4) is 0 Å². The summed E-state index contributed by atoms with van der Waals surface area (Å²) in [6.07, 6.45) is 2.14. The Bertz CT molecular complexity index is 548. The molecule has 3 amide bonds. The summed E-state index contributed by atoms with van der Waals surface area (Å²) in [5.74, 6) is -0.272. The van der Waals surface area contributed by atoms with E-state index in [9.17, 15) is 14.8 Å². The summed E-state index contributed by atoms with van der Waals surface area (Å²) in [4.78, 5) is 27.5. The first-order valence-corrected chi connectivity index (χ1v) is 6.69. The van der Waals surface area contributed by atoms with Crippen molar-refractivity contribution in [1.82, 2.24) is 15.1 Å². The average molecular weight is 276 g/mol. The highest BCUT2D eigenvalue weighted by Gasteiger charge is 2.36. The monoisotopic (exact) mass is 276 g/mol. The van der Waals surface area contributed by atoms with E-state index in [1.54, 1.807) is 21.9 Å². The second-order valence-electron chi connectivity index (χ2n) is 5.03. The number of aromatic nitrogens is 1. The molecule has 1 unspecified atom stereocenters. The minimum atomic E-state index is -0.272. The van der Waals surface area contributed by atoms with E-state index in [-0.39, 0.29) is 23.7 Å². The second kappa shape index (κ2) is 4.99. The topological polar surface area (TPSA) is 79.6 Å². The molecule has 0 aliphatic carbocycles. The van der Waals surface area contributed by atoms with Crippen LogP contribution in [0.3, 0.4) is 0 Å². The molecular formula is C13H16N4O3. The molecule has 2 saturated heterocycles. The van der Waals surface area contributed by atoms with Gasteiger partial charge in [-0.15, -0.1) is 0 Å². The third-order valence-electron chi connectivity index (χ3n) is 3.83. The molecule has 1 aromatic rings. The Hall–Kier alpha value is -2.31. The van der Waals surface area contributed by atoms with Gasteiger partial charge in [-0.25, -0.2) is 4.79 Å². The van der Waals surface area contributed by atoms with Crippen molar-refractivity contribution in [2.75, 3.05) is 26.2 Å². The van der Waals surface area contributed by atoms with Gasteiger partial charge in [0.1, 0.15) is 0 Å². The number of urea groups is 1. The Balaban J connectivity index is 1.75. The molecule has 7 nitrogen and oxygen atoms in total. The number of nitrogens with zero attached hydrogens (tertiary/aromatic N) is 3. The highest BCUT2D eigenvalue weighted by Crippen LogP contribution is 2.17. The molecule has 0 bridgehead atoms. The van der Waals surface area contributed by atoms with Crippen LogP contribution < -0.4 is 10.0 Å². The first-order valence-electron chi connectivity index (χ1n) is 6.69. The largest absolute Gasteiger partial charge is 0.618 e. The van der Waals surface area contributed by atoms with Crippen molar-refractivity contribution in [2.45, 2.75) is 12.5 Å². The van der Waals surface area contributed by atoms with Crippen molar-refractivity contribution >= 4 is 11.9 Å². The smallest absolute Gasteiger partial charge is 0.320 e. The lowest BCUT2D eigenvalue weighted by Gasteiger charge is -2.43. The van der Waals surface area contributed by atoms with E-state index in [1.807, 2.05) is 0 Å². The fourth-order valence-electron chi connectivity index (χ4n) is 2.76. The van der Waals surface area contributed by atoms with Gasteiger partial charge in [0.25, 0.3) is 5.69 Å². The maximum absolute atomic E-state index is 12.4. The number of hydrogen-bond acceptors (Lipinski definition) is 3. The summed E-state index contributed by atoms with van der Waals surface area (Å²) < 4.78 is 0.586. The van der Waals surface area contributed by atoms with Gasteiger partial charge in [-0.05, 0) is 12.5 Å². The van der Waals surface area contributed by atoms with E-state index in [0.717, 1.165) is 6.42 Å². The number of fused-ring (bicyclic) bond motifs is 1. The standard InChI is InChI=1S/C13H16N4O3/c18-12(11-3-1-2-6-17(11)20)15-7-8-16-10(9-15)4-5-14-13(16)19/h1-3,6,10H,4-5,7-9H2,(H,14,19). The van der Waals surface area contributed by atoms with Crippen molar-refractivity contribution in [3.63, 3.8) is 0 Å². The maximum Gasteiger partial charge on any atom is 0.320 e. The van der Waals surface area contributed by atoms with Crippen LogP contribution in [0, 0.1) is 5.21 Å². The molecule has 20 heavy (non-hydrogen) atoms. The summed E-state index contributed by atoms with van der Waals surface area (Å²) >= 11 is 0. The molecule has 2 aliphatic heterocycles. The van der Waals surface area contributed by atoms with E-state index < -0.39 is 0 Å². The molecule has 3 rings (SSSR count). The summed E-state index contributed by atoms with van der Waals surface area (Å²) in [5.41, 5.74) is 0.126. The minimum Gasteiger partial charge on any atom is -0.618 e. The zero-order valence-electron chi connectivity index (χ0n) is 11.0. The lowest BCUT2D eigenvalue weighted by Crippen LogP contribution is -2.62. The molecule has 0 aromatic carbocycles. The Morgan fingerprint density at radius 3 is 3.05 bits per heavy atom. The van der Waals surface area contributed by atoms with E-state index in [0.29, 0.717) is 30.9 Å². The number of nitrogens with one attached hydrogen (secondary N) is 1. The van der Waals surface area contributed by atoms with E-state index in [4.69, 9.17) is 0 Å². The van der Waals surface area contributed by atoms with Gasteiger partial charge in [-0.1, -0.05) is 0 Å². The number of piperazine rings is 1. The van der Waals surface area contributed by atoms with Crippen LogP contribution >= 0.6 is 0 Å². The van der Waals surface area contributed by atoms with Gasteiger partial charge >= 0.3 is 11.9 Å². The number of amides is 3. The molecule has 2 aliphatic rings. The van der Waals surface area contributed by atoms with Gasteiger partial charge < -0.3 is 20.3 Å². The molecule has 106 valence electrons. The highest BCUT2D eigenvalue weighted by atomic mass is 16.5. The molecule has 7 heteroatoms. The number of carbonyl (C=O) groups excluding carboxylic acids is 2. The molecule has 2 fully saturated rings. The van der Waals surface area contributed by atoms with E-state index in [1.165, 1.54) is 12.3 Å². The Morgan fingerprint density at radius 1 is 1.40 bits per heavy atom. The first kappa shape index (κ1) is 12.7. The predicted octanol–water partition coefficient (Wildman–Crippen LogP) is -0.440. The lowest BCUT2D eigenvalue weighted by atomic mass is 10.1. The predicted molar refractivity (Wildman–Crippen MR) is 69.8 cm³/mol. The third kappa shape index (κ3) is 2.15. The molecule has 1 aromatic heterocycles. The minimum absolute atomic E-state index is 0.0465. The summed E-state index contributed by atoms with van der Waals surface area (Å²) in [5, 5.41) is 14.4. The summed E-state index contributed by atoms with van der Waals surface area (Å²) in [6, 6.07) is 4.77. The number of hydrogen-bond donors (Lipinski definition) is 1. The van der Waals surface area contributed by atoms with Crippen LogP contribution in [0.25, 0.3) is 0 Å². The fourth-order valence-corrected chi connectivity index (χ4v) is 2.76. The molecule has 0 spiro atoms. The van der Waals surface area contributed by atoms with Crippen molar-refractivity contribution in [1.29, 1.82) is 0 Å². The van der Waals surface area contributed by atoms with Crippen LogP contribution in [0.1, 0.15) is 16.9 Å². The van der Waals surface area contributed by atoms with Crippen LogP contribution in [0.15, 0.2) is 24.4 Å². The number of carbonyl (C=O) groups is 2. The van der Waals surface area contributed by atoms with Crippen molar-refractivity contribution in [2.24, 2.45) is 0 Å². The van der Waals surface area contributed by atoms with Crippen molar-refractivity contribution in [3.05, 3.63) is 35.3 Å². The van der Waals surface area contributed by atoms with Gasteiger partial charge in [-0.3, -0.25) is 4.79 Å². The Kier molecular flexibility index (Phi) is 3.17. The zero-order chi connectivity index (χ0) is 14.1. The quantitative estimate of drug-likeness (QED) is 0.558. The third-order valence-corrected chi connectivity index (χ3v) is 3.83. The number of rotatable bonds is 1. The average Bonchev–Trinajstić information content (AvgIpc) is 2.47.